The molecule has 0 fully saturated rings. The maximum absolute atomic E-state index is 12.9. The molecule has 0 saturated carbocycles. The molecule has 2 rings (SSSR count). The lowest BCUT2D eigenvalue weighted by molar-refractivity contribution is 0.565. The molecule has 0 saturated heterocycles. The predicted molar refractivity (Wildman–Crippen MR) is 78.8 cm³/mol. The van der Waals surface area contributed by atoms with Gasteiger partial charge < -0.3 is 0 Å². The predicted octanol–water partition coefficient (Wildman–Crippen LogP) is 5.29. The van der Waals surface area contributed by atoms with Crippen molar-refractivity contribution in [3.8, 4) is 0 Å². The highest BCUT2D eigenvalue weighted by Gasteiger charge is 2.06. The van der Waals surface area contributed by atoms with Crippen LogP contribution in [0.2, 0.25) is 0 Å². The fourth-order valence-corrected chi connectivity index (χ4v) is 1.69. The molecule has 0 spiro atoms. The van der Waals surface area contributed by atoms with E-state index in [1.807, 2.05) is 38.2 Å². The van der Waals surface area contributed by atoms with E-state index >= 15 is 0 Å². The zero-order valence-electron chi connectivity index (χ0n) is 12.4. The molecule has 20 heavy (non-hydrogen) atoms. The number of pyridine rings is 1. The minimum Gasteiger partial charge on any atom is -0.261 e. The van der Waals surface area contributed by atoms with Gasteiger partial charge in [0.25, 0.3) is 0 Å². The second-order valence-corrected chi connectivity index (χ2v) is 5.23. The van der Waals surface area contributed by atoms with E-state index in [4.69, 9.17) is 0 Å². The Morgan fingerprint density at radius 3 is 2.00 bits per heavy atom. The molecular weight excluding hydrogens is 256 g/mol. The molecule has 0 aliphatic heterocycles. The summed E-state index contributed by atoms with van der Waals surface area (Å²) in [4.78, 5) is 4.18. The van der Waals surface area contributed by atoms with Crippen molar-refractivity contribution in [3.63, 3.8) is 0 Å². The van der Waals surface area contributed by atoms with Crippen molar-refractivity contribution in [2.75, 3.05) is 0 Å². The van der Waals surface area contributed by atoms with E-state index in [2.05, 4.69) is 18.8 Å². The minimum absolute atomic E-state index is 0.107. The molecule has 0 N–H and O–H groups in total. The molecule has 108 valence electrons. The molecule has 0 aliphatic carbocycles. The van der Waals surface area contributed by atoms with Crippen molar-refractivity contribution in [1.29, 1.82) is 0 Å². The maximum atomic E-state index is 12.9. The largest absolute Gasteiger partial charge is 0.261 e. The minimum atomic E-state index is -0.521. The van der Waals surface area contributed by atoms with Crippen LogP contribution in [0.1, 0.15) is 50.8 Å². The highest BCUT2D eigenvalue weighted by molar-refractivity contribution is 5.21. The summed E-state index contributed by atoms with van der Waals surface area (Å²) in [7, 11) is 0. The zero-order chi connectivity index (χ0) is 15.1. The van der Waals surface area contributed by atoms with Crippen LogP contribution >= 0.6 is 0 Å². The second kappa shape index (κ2) is 7.73. The van der Waals surface area contributed by atoms with E-state index in [1.54, 1.807) is 0 Å². The van der Waals surface area contributed by atoms with Gasteiger partial charge in [-0.2, -0.15) is 0 Å². The van der Waals surface area contributed by atoms with Crippen molar-refractivity contribution in [2.45, 2.75) is 39.5 Å². The first-order valence-corrected chi connectivity index (χ1v) is 6.77. The van der Waals surface area contributed by atoms with Gasteiger partial charge >= 0.3 is 0 Å². The van der Waals surface area contributed by atoms with Gasteiger partial charge in [0.2, 0.25) is 0 Å². The molecule has 0 unspecified atom stereocenters. The number of rotatable bonds is 2. The van der Waals surface area contributed by atoms with Gasteiger partial charge in [0, 0.05) is 18.0 Å². The SMILES string of the molecule is CC(C)c1ccc(F)cc1F.CC(C)c1ccccn1. The lowest BCUT2D eigenvalue weighted by Crippen LogP contribution is -1.92. The van der Waals surface area contributed by atoms with E-state index in [0.717, 1.165) is 11.8 Å². The van der Waals surface area contributed by atoms with E-state index < -0.39 is 11.6 Å². The standard InChI is InChI=1S/C9H10F2.C8H11N/c1-6(2)8-4-3-7(10)5-9(8)11;1-7(2)8-5-3-4-6-9-8/h3-6H,1-2H3;3-7H,1-2H3. The van der Waals surface area contributed by atoms with Crippen molar-refractivity contribution in [3.05, 3.63) is 65.5 Å². The molecule has 1 heterocycles. The fourth-order valence-electron chi connectivity index (χ4n) is 1.69. The van der Waals surface area contributed by atoms with Crippen LogP contribution in [0.5, 0.6) is 0 Å². The summed E-state index contributed by atoms with van der Waals surface area (Å²) in [6.45, 7) is 8.03. The van der Waals surface area contributed by atoms with Crippen LogP contribution in [0.4, 0.5) is 8.78 Å². The average Bonchev–Trinajstić information content (AvgIpc) is 2.40. The Labute approximate surface area is 119 Å². The van der Waals surface area contributed by atoms with E-state index in [9.17, 15) is 8.78 Å². The van der Waals surface area contributed by atoms with Crippen molar-refractivity contribution >= 4 is 0 Å². The van der Waals surface area contributed by atoms with Gasteiger partial charge in [0.05, 0.1) is 0 Å². The first-order chi connectivity index (χ1) is 9.41. The van der Waals surface area contributed by atoms with E-state index in [-0.39, 0.29) is 5.92 Å². The van der Waals surface area contributed by atoms with Gasteiger partial charge in [-0.1, -0.05) is 39.8 Å². The summed E-state index contributed by atoms with van der Waals surface area (Å²) in [5.74, 6) is -0.325. The Morgan fingerprint density at radius 2 is 1.60 bits per heavy atom. The number of hydrogen-bond donors (Lipinski definition) is 0. The summed E-state index contributed by atoms with van der Waals surface area (Å²) < 4.78 is 25.2. The van der Waals surface area contributed by atoms with Gasteiger partial charge in [-0.25, -0.2) is 8.78 Å². The molecular formula is C17H21F2N. The van der Waals surface area contributed by atoms with Crippen LogP contribution in [0.15, 0.2) is 42.6 Å². The third kappa shape index (κ3) is 5.08. The van der Waals surface area contributed by atoms with Gasteiger partial charge in [-0.05, 0) is 35.6 Å². The van der Waals surface area contributed by atoms with Crippen LogP contribution in [-0.2, 0) is 0 Å². The van der Waals surface area contributed by atoms with Gasteiger partial charge in [-0.15, -0.1) is 0 Å². The van der Waals surface area contributed by atoms with E-state index in [1.165, 1.54) is 12.1 Å². The van der Waals surface area contributed by atoms with Gasteiger partial charge in [-0.3, -0.25) is 4.98 Å². The fraction of sp³-hybridized carbons (Fsp3) is 0.353. The second-order valence-electron chi connectivity index (χ2n) is 5.23. The molecule has 0 atom stereocenters. The number of benzene rings is 1. The number of nitrogens with zero attached hydrogens (tertiary/aromatic N) is 1. The molecule has 0 bridgehead atoms. The summed E-state index contributed by atoms with van der Waals surface area (Å²) >= 11 is 0. The molecule has 0 aliphatic rings. The van der Waals surface area contributed by atoms with Gasteiger partial charge in [0.1, 0.15) is 11.6 Å². The van der Waals surface area contributed by atoms with Crippen molar-refractivity contribution < 1.29 is 8.78 Å². The lowest BCUT2D eigenvalue weighted by atomic mass is 10.0. The molecule has 0 radical (unpaired) electrons. The third-order valence-corrected chi connectivity index (χ3v) is 2.86. The van der Waals surface area contributed by atoms with Crippen LogP contribution in [0, 0.1) is 11.6 Å². The molecule has 3 heteroatoms. The number of aromatic nitrogens is 1. The topological polar surface area (TPSA) is 12.9 Å². The Morgan fingerprint density at radius 1 is 0.900 bits per heavy atom. The monoisotopic (exact) mass is 277 g/mol. The van der Waals surface area contributed by atoms with Crippen molar-refractivity contribution in [1.82, 2.24) is 4.98 Å². The number of halogens is 2. The normalized spacial score (nSPS) is 10.4. The zero-order valence-corrected chi connectivity index (χ0v) is 12.4. The molecule has 0 amide bonds. The summed E-state index contributed by atoms with van der Waals surface area (Å²) in [6.07, 6.45) is 1.83. The van der Waals surface area contributed by atoms with Crippen LogP contribution in [-0.4, -0.2) is 4.98 Å². The summed E-state index contributed by atoms with van der Waals surface area (Å²) in [5.41, 5.74) is 1.73. The van der Waals surface area contributed by atoms with E-state index in [0.29, 0.717) is 11.5 Å². The summed E-state index contributed by atoms with van der Waals surface area (Å²) in [5, 5.41) is 0. The Kier molecular flexibility index (Phi) is 6.29. The smallest absolute Gasteiger partial charge is 0.129 e. The third-order valence-electron chi connectivity index (χ3n) is 2.86. The van der Waals surface area contributed by atoms with Crippen molar-refractivity contribution in [2.24, 2.45) is 0 Å². The molecule has 2 aromatic rings. The highest BCUT2D eigenvalue weighted by atomic mass is 19.1. The Hall–Kier alpha value is -1.77. The quantitative estimate of drug-likeness (QED) is 0.726. The maximum Gasteiger partial charge on any atom is 0.129 e. The number of hydrogen-bond acceptors (Lipinski definition) is 1. The van der Waals surface area contributed by atoms with Crippen LogP contribution in [0.3, 0.4) is 0 Å². The Bertz CT molecular complexity index is 522. The highest BCUT2D eigenvalue weighted by Crippen LogP contribution is 2.18. The van der Waals surface area contributed by atoms with Gasteiger partial charge in [0.15, 0.2) is 0 Å². The van der Waals surface area contributed by atoms with Crippen LogP contribution < -0.4 is 0 Å². The first-order valence-electron chi connectivity index (χ1n) is 6.77. The summed E-state index contributed by atoms with van der Waals surface area (Å²) in [6, 6.07) is 9.67. The van der Waals surface area contributed by atoms with Crippen LogP contribution in [0.25, 0.3) is 0 Å². The molecule has 1 aromatic heterocycles. The Balaban J connectivity index is 0.000000204. The first kappa shape index (κ1) is 16.3. The lowest BCUT2D eigenvalue weighted by Gasteiger charge is -2.05. The molecule has 1 nitrogen and oxygen atoms in total. The average molecular weight is 277 g/mol. The molecule has 1 aromatic carbocycles.